The number of aromatic nitrogens is 1. The maximum Gasteiger partial charge on any atom is 0.350 e. The summed E-state index contributed by atoms with van der Waals surface area (Å²) in [6, 6.07) is 11.6. The molecule has 2 aromatic heterocycles. The van der Waals surface area contributed by atoms with Gasteiger partial charge in [0.1, 0.15) is 17.1 Å². The third-order valence-electron chi connectivity index (χ3n) is 5.53. The molecule has 0 radical (unpaired) electrons. The summed E-state index contributed by atoms with van der Waals surface area (Å²) in [6.07, 6.45) is 1.47. The number of aryl methyl sites for hydroxylation is 1. The lowest BCUT2D eigenvalue weighted by Crippen LogP contribution is -2.29. The number of carbonyl (C=O) groups is 2. The molecule has 0 N–H and O–H groups in total. The lowest BCUT2D eigenvalue weighted by atomic mass is 9.99. The molecule has 3 heterocycles. The molecule has 1 atom stereocenters. The van der Waals surface area contributed by atoms with E-state index in [-0.39, 0.29) is 33.4 Å². The maximum atomic E-state index is 13.7. The van der Waals surface area contributed by atoms with Crippen LogP contribution in [-0.2, 0) is 4.74 Å². The summed E-state index contributed by atoms with van der Waals surface area (Å²) in [4.78, 5) is 46.0. The van der Waals surface area contributed by atoms with Crippen molar-refractivity contribution in [3.8, 4) is 0 Å². The Balaban J connectivity index is 1.72. The Morgan fingerprint density at radius 1 is 1.20 bits per heavy atom. The van der Waals surface area contributed by atoms with Gasteiger partial charge in [-0.05, 0) is 42.8 Å². The Hall–Kier alpha value is -3.08. The highest BCUT2D eigenvalue weighted by molar-refractivity contribution is 9.10. The van der Waals surface area contributed by atoms with E-state index in [4.69, 9.17) is 9.15 Å². The molecule has 0 aliphatic carbocycles. The number of rotatable bonds is 5. The molecule has 0 spiro atoms. The highest BCUT2D eigenvalue weighted by Crippen LogP contribution is 2.43. The smallest absolute Gasteiger partial charge is 0.350 e. The van der Waals surface area contributed by atoms with Crippen LogP contribution in [0.25, 0.3) is 11.0 Å². The van der Waals surface area contributed by atoms with E-state index in [0.717, 1.165) is 20.3 Å². The van der Waals surface area contributed by atoms with Gasteiger partial charge in [0.25, 0.3) is 5.91 Å². The van der Waals surface area contributed by atoms with Gasteiger partial charge in [0.05, 0.1) is 22.7 Å². The fraction of sp³-hybridized carbons (Fsp3) is 0.120. The zero-order valence-corrected chi connectivity index (χ0v) is 22.2. The number of amides is 1. The van der Waals surface area contributed by atoms with Crippen molar-refractivity contribution >= 4 is 71.2 Å². The number of nitrogens with zero attached hydrogens (tertiary/aromatic N) is 2. The molecule has 35 heavy (non-hydrogen) atoms. The molecular formula is C25H16Br2N2O5S. The number of anilines is 1. The summed E-state index contributed by atoms with van der Waals surface area (Å²) >= 11 is 7.85. The second-order valence-electron chi connectivity index (χ2n) is 7.74. The molecule has 0 saturated carbocycles. The molecule has 176 valence electrons. The van der Waals surface area contributed by atoms with Crippen molar-refractivity contribution < 1.29 is 18.7 Å². The molecule has 7 nitrogen and oxygen atoms in total. The maximum absolute atomic E-state index is 13.7. The predicted octanol–water partition coefficient (Wildman–Crippen LogP) is 6.18. The number of hydrogen-bond donors (Lipinski definition) is 0. The summed E-state index contributed by atoms with van der Waals surface area (Å²) in [7, 11) is 0. The lowest BCUT2D eigenvalue weighted by Gasteiger charge is -2.22. The van der Waals surface area contributed by atoms with Gasteiger partial charge in [-0.3, -0.25) is 14.5 Å². The highest BCUT2D eigenvalue weighted by Gasteiger charge is 2.45. The molecule has 2 aromatic carbocycles. The first-order valence-corrected chi connectivity index (χ1v) is 12.8. The van der Waals surface area contributed by atoms with Gasteiger partial charge < -0.3 is 9.15 Å². The van der Waals surface area contributed by atoms with Gasteiger partial charge in [-0.25, -0.2) is 9.78 Å². The fourth-order valence-electron chi connectivity index (χ4n) is 3.98. The monoisotopic (exact) mass is 614 g/mol. The van der Waals surface area contributed by atoms with Crippen LogP contribution in [0.15, 0.2) is 73.3 Å². The fourth-order valence-corrected chi connectivity index (χ4v) is 5.59. The number of fused-ring (bicyclic) bond motifs is 2. The second-order valence-corrected chi connectivity index (χ2v) is 10.6. The second kappa shape index (κ2) is 9.18. The van der Waals surface area contributed by atoms with Crippen LogP contribution in [0.1, 0.15) is 43.1 Å². The molecule has 1 amide bonds. The quantitative estimate of drug-likeness (QED) is 0.197. The average Bonchev–Trinajstić information content (AvgIpc) is 3.36. The van der Waals surface area contributed by atoms with E-state index in [1.165, 1.54) is 11.0 Å². The van der Waals surface area contributed by atoms with Crippen molar-refractivity contribution in [2.45, 2.75) is 13.0 Å². The van der Waals surface area contributed by atoms with Crippen molar-refractivity contribution in [3.05, 3.63) is 102 Å². The topological polar surface area (TPSA) is 89.7 Å². The Morgan fingerprint density at radius 2 is 1.91 bits per heavy atom. The predicted molar refractivity (Wildman–Crippen MR) is 140 cm³/mol. The average molecular weight is 616 g/mol. The van der Waals surface area contributed by atoms with Crippen LogP contribution in [0.2, 0.25) is 0 Å². The molecule has 0 bridgehead atoms. The lowest BCUT2D eigenvalue weighted by molar-refractivity contribution is 0.0554. The summed E-state index contributed by atoms with van der Waals surface area (Å²) in [6.45, 7) is 5.27. The van der Waals surface area contributed by atoms with E-state index in [1.807, 2.05) is 24.3 Å². The molecule has 1 unspecified atom stereocenters. The summed E-state index contributed by atoms with van der Waals surface area (Å²) < 4.78 is 12.7. The molecule has 0 fully saturated rings. The van der Waals surface area contributed by atoms with Gasteiger partial charge in [-0.15, -0.1) is 0 Å². The number of carbonyl (C=O) groups excluding carboxylic acids is 2. The first-order valence-electron chi connectivity index (χ1n) is 10.4. The number of hydrogen-bond acceptors (Lipinski definition) is 7. The Kier molecular flexibility index (Phi) is 6.20. The standard InChI is InChI=1S/C25H16Br2N2O5S/c1-3-10-33-24(32)22-12(2)28-25(35-22)29-19(13-4-6-14(26)7-5-13)18-20(30)16-11-15(27)8-9-17(16)34-21(18)23(29)31/h3-9,11,19H,1,10H2,2H3. The van der Waals surface area contributed by atoms with Gasteiger partial charge in [-0.1, -0.05) is 68.0 Å². The molecule has 1 aliphatic rings. The van der Waals surface area contributed by atoms with Crippen LogP contribution in [0.4, 0.5) is 5.13 Å². The van der Waals surface area contributed by atoms with E-state index in [0.29, 0.717) is 22.2 Å². The van der Waals surface area contributed by atoms with E-state index in [1.54, 1.807) is 25.1 Å². The minimum absolute atomic E-state index is 0.0404. The van der Waals surface area contributed by atoms with Crippen molar-refractivity contribution in [1.29, 1.82) is 0 Å². The minimum atomic E-state index is -0.784. The van der Waals surface area contributed by atoms with Gasteiger partial charge in [0, 0.05) is 8.95 Å². The van der Waals surface area contributed by atoms with E-state index in [9.17, 15) is 14.4 Å². The normalized spacial score (nSPS) is 14.9. The molecule has 4 aromatic rings. The summed E-state index contributed by atoms with van der Waals surface area (Å²) in [5.41, 5.74) is 1.36. The van der Waals surface area contributed by atoms with Crippen LogP contribution in [-0.4, -0.2) is 23.5 Å². The number of halogens is 2. The van der Waals surface area contributed by atoms with Crippen molar-refractivity contribution in [1.82, 2.24) is 4.98 Å². The van der Waals surface area contributed by atoms with Crippen LogP contribution in [0.3, 0.4) is 0 Å². The Morgan fingerprint density at radius 3 is 2.63 bits per heavy atom. The summed E-state index contributed by atoms with van der Waals surface area (Å²) in [5, 5.41) is 0.626. The van der Waals surface area contributed by atoms with Gasteiger partial charge in [0.15, 0.2) is 10.6 Å². The third-order valence-corrected chi connectivity index (χ3v) is 7.69. The number of benzene rings is 2. The SMILES string of the molecule is C=CCOC(=O)c1sc(N2C(=O)c3oc4ccc(Br)cc4c(=O)c3C2c2ccc(Br)cc2)nc1C. The molecular weight excluding hydrogens is 600 g/mol. The first-order chi connectivity index (χ1) is 16.8. The van der Waals surface area contributed by atoms with E-state index >= 15 is 0 Å². The molecule has 10 heteroatoms. The first kappa shape index (κ1) is 23.7. The molecule has 1 aliphatic heterocycles. The Labute approximate surface area is 220 Å². The van der Waals surface area contributed by atoms with Gasteiger partial charge in [0.2, 0.25) is 5.76 Å². The van der Waals surface area contributed by atoms with Gasteiger partial charge >= 0.3 is 5.97 Å². The molecule has 5 rings (SSSR count). The van der Waals surface area contributed by atoms with Crippen LogP contribution in [0.5, 0.6) is 0 Å². The van der Waals surface area contributed by atoms with Crippen molar-refractivity contribution in [2.24, 2.45) is 0 Å². The number of ether oxygens (including phenoxy) is 1. The zero-order chi connectivity index (χ0) is 24.9. The Bertz CT molecular complexity index is 1580. The third kappa shape index (κ3) is 4.05. The zero-order valence-electron chi connectivity index (χ0n) is 18.2. The van der Waals surface area contributed by atoms with Crippen LogP contribution in [0, 0.1) is 6.92 Å². The largest absolute Gasteiger partial charge is 0.457 e. The summed E-state index contributed by atoms with van der Waals surface area (Å²) in [5.74, 6) is -1.10. The minimum Gasteiger partial charge on any atom is -0.457 e. The van der Waals surface area contributed by atoms with Crippen LogP contribution < -0.4 is 10.3 Å². The van der Waals surface area contributed by atoms with Crippen molar-refractivity contribution in [3.63, 3.8) is 0 Å². The van der Waals surface area contributed by atoms with E-state index in [2.05, 4.69) is 43.4 Å². The molecule has 0 saturated heterocycles. The highest BCUT2D eigenvalue weighted by atomic mass is 79.9. The number of esters is 1. The van der Waals surface area contributed by atoms with Crippen LogP contribution >= 0.6 is 43.2 Å². The van der Waals surface area contributed by atoms with Crippen molar-refractivity contribution in [2.75, 3.05) is 11.5 Å². The van der Waals surface area contributed by atoms with E-state index < -0.39 is 17.9 Å². The number of thiazole rings is 1. The van der Waals surface area contributed by atoms with Gasteiger partial charge in [-0.2, -0.15) is 0 Å².